The van der Waals surface area contributed by atoms with Gasteiger partial charge in [0.05, 0.1) is 26.4 Å². The van der Waals surface area contributed by atoms with Crippen LogP contribution in [-0.2, 0) is 4.74 Å². The molecule has 0 aromatic carbocycles. The Balaban J connectivity index is -0.000000114. The molecule has 0 saturated carbocycles. The summed E-state index contributed by atoms with van der Waals surface area (Å²) in [5.41, 5.74) is 0. The Morgan fingerprint density at radius 1 is 0.850 bits per heavy atom. The Kier molecular flexibility index (Phi) is 32.5. The molecular weight excluding hydrogens is 314 g/mol. The Hall–Kier alpha value is -0.740. The number of rotatable bonds is 6. The minimum atomic E-state index is -4.75. The lowest BCUT2D eigenvalue weighted by Gasteiger charge is -2.20. The lowest BCUT2D eigenvalue weighted by molar-refractivity contribution is -0.189. The quantitative estimate of drug-likeness (QED) is 0.660. The second-order valence-corrected chi connectivity index (χ2v) is 2.68. The van der Waals surface area contributed by atoms with Crippen LogP contribution in [-0.4, -0.2) is 46.8 Å². The molecule has 0 aliphatic heterocycles. The Bertz CT molecular complexity index is 154. The molecule has 0 saturated heterocycles. The second kappa shape index (κ2) is 20.6. The van der Waals surface area contributed by atoms with Gasteiger partial charge in [0.2, 0.25) is 0 Å². The lowest BCUT2D eigenvalue weighted by Crippen LogP contribution is -2.31. The SMILES string of the molecule is CF.CF.F.F.FCOC(CF)CC(CF)C(F)(F)F. The third-order valence-electron chi connectivity index (χ3n) is 1.67. The fourth-order valence-corrected chi connectivity index (χ4v) is 0.866. The van der Waals surface area contributed by atoms with E-state index in [1.54, 1.807) is 0 Å². The summed E-state index contributed by atoms with van der Waals surface area (Å²) in [6.07, 6.45) is -7.19. The predicted octanol–water partition coefficient (Wildman–Crippen LogP) is 4.28. The molecule has 0 heterocycles. The van der Waals surface area contributed by atoms with Crippen molar-refractivity contribution in [3.05, 3.63) is 0 Å². The number of alkyl halides is 8. The van der Waals surface area contributed by atoms with Gasteiger partial charge >= 0.3 is 6.18 Å². The van der Waals surface area contributed by atoms with Gasteiger partial charge < -0.3 is 4.74 Å². The summed E-state index contributed by atoms with van der Waals surface area (Å²) in [4.78, 5) is 0. The molecule has 0 bridgehead atoms. The van der Waals surface area contributed by atoms with Crippen LogP contribution in [0, 0.1) is 5.92 Å². The Morgan fingerprint density at radius 2 is 1.25 bits per heavy atom. The maximum absolute atomic E-state index is 11.9. The van der Waals surface area contributed by atoms with E-state index in [4.69, 9.17) is 0 Å². The van der Waals surface area contributed by atoms with Gasteiger partial charge in [0.15, 0.2) is 6.86 Å². The molecule has 11 heteroatoms. The monoisotopic (exact) mass is 332 g/mol. The molecule has 0 aromatic rings. The van der Waals surface area contributed by atoms with Crippen molar-refractivity contribution >= 4 is 0 Å². The standard InChI is InChI=1S/C7H10F6O.2CH3F.2FH/c8-2-5(7(11,12)13)1-6(3-9)14-4-10;2*1-2;;/h5-6H,1-4H2;2*1H3;2*1H. The summed E-state index contributed by atoms with van der Waals surface area (Å²) >= 11 is 0. The molecule has 2 unspecified atom stereocenters. The van der Waals surface area contributed by atoms with Crippen LogP contribution in [0.25, 0.3) is 0 Å². The third-order valence-corrected chi connectivity index (χ3v) is 1.67. The van der Waals surface area contributed by atoms with E-state index in [0.717, 1.165) is 0 Å². The molecule has 0 aliphatic carbocycles. The minimum Gasteiger partial charge on any atom is -0.344 e. The van der Waals surface area contributed by atoms with E-state index in [1.165, 1.54) is 0 Å². The van der Waals surface area contributed by atoms with E-state index in [0.29, 0.717) is 14.4 Å². The highest BCUT2D eigenvalue weighted by molar-refractivity contribution is 4.71. The van der Waals surface area contributed by atoms with Crippen LogP contribution in [0.15, 0.2) is 0 Å². The van der Waals surface area contributed by atoms with Crippen molar-refractivity contribution < 1.29 is 49.3 Å². The molecule has 0 aromatic heterocycles. The second-order valence-electron chi connectivity index (χ2n) is 2.68. The van der Waals surface area contributed by atoms with Crippen molar-refractivity contribution in [1.82, 2.24) is 0 Å². The van der Waals surface area contributed by atoms with Gasteiger partial charge in [-0.1, -0.05) is 0 Å². The summed E-state index contributed by atoms with van der Waals surface area (Å²) in [6.45, 7) is -4.31. The van der Waals surface area contributed by atoms with Gasteiger partial charge in [0.25, 0.3) is 0 Å². The van der Waals surface area contributed by atoms with E-state index >= 15 is 0 Å². The van der Waals surface area contributed by atoms with Gasteiger partial charge in [-0.05, 0) is 6.42 Å². The van der Waals surface area contributed by atoms with Crippen LogP contribution in [0.5, 0.6) is 0 Å². The van der Waals surface area contributed by atoms with Crippen LogP contribution >= 0.6 is 0 Å². The molecule has 0 radical (unpaired) electrons. The highest BCUT2D eigenvalue weighted by Crippen LogP contribution is 2.30. The summed E-state index contributed by atoms with van der Waals surface area (Å²) in [5, 5.41) is 0. The maximum atomic E-state index is 11.9. The highest BCUT2D eigenvalue weighted by atomic mass is 19.4. The Labute approximate surface area is 110 Å². The molecule has 0 N–H and O–H groups in total. The van der Waals surface area contributed by atoms with E-state index in [-0.39, 0.29) is 9.41 Å². The normalized spacial score (nSPS) is 12.3. The average Bonchev–Trinajstić information content (AvgIpc) is 2.37. The maximum Gasteiger partial charge on any atom is 0.394 e. The van der Waals surface area contributed by atoms with Gasteiger partial charge in [0, 0.05) is 0 Å². The third kappa shape index (κ3) is 17.3. The minimum absolute atomic E-state index is 0. The summed E-state index contributed by atoms with van der Waals surface area (Å²) < 4.78 is 94.2. The highest BCUT2D eigenvalue weighted by Gasteiger charge is 2.41. The van der Waals surface area contributed by atoms with Crippen molar-refractivity contribution in [2.24, 2.45) is 5.92 Å². The molecule has 2 atom stereocenters. The van der Waals surface area contributed by atoms with Crippen molar-refractivity contribution in [3.63, 3.8) is 0 Å². The first-order valence-electron chi connectivity index (χ1n) is 4.57. The van der Waals surface area contributed by atoms with Gasteiger partial charge in [-0.2, -0.15) is 13.2 Å². The van der Waals surface area contributed by atoms with Crippen molar-refractivity contribution in [2.45, 2.75) is 18.7 Å². The van der Waals surface area contributed by atoms with Crippen LogP contribution in [0.2, 0.25) is 0 Å². The number of ether oxygens (including phenoxy) is 1. The van der Waals surface area contributed by atoms with Crippen LogP contribution in [0.1, 0.15) is 6.42 Å². The summed E-state index contributed by atoms with van der Waals surface area (Å²) in [7, 11) is 1.00. The van der Waals surface area contributed by atoms with Gasteiger partial charge in [-0.25, -0.2) is 8.78 Å². The lowest BCUT2D eigenvalue weighted by atomic mass is 10.0. The fraction of sp³-hybridized carbons (Fsp3) is 1.00. The zero-order valence-corrected chi connectivity index (χ0v) is 10.7. The molecule has 130 valence electrons. The smallest absolute Gasteiger partial charge is 0.344 e. The summed E-state index contributed by atoms with van der Waals surface area (Å²) in [6, 6.07) is 0. The van der Waals surface area contributed by atoms with E-state index in [9.17, 15) is 35.1 Å². The van der Waals surface area contributed by atoms with Crippen molar-refractivity contribution in [1.29, 1.82) is 0 Å². The zero-order chi connectivity index (χ0) is 15.2. The van der Waals surface area contributed by atoms with Crippen LogP contribution < -0.4 is 0 Å². The fourth-order valence-electron chi connectivity index (χ4n) is 0.866. The summed E-state index contributed by atoms with van der Waals surface area (Å²) in [5.74, 6) is -2.30. The average molecular weight is 332 g/mol. The van der Waals surface area contributed by atoms with Crippen molar-refractivity contribution in [2.75, 3.05) is 34.6 Å². The Morgan fingerprint density at radius 3 is 1.45 bits per heavy atom. The number of halogens is 10. The van der Waals surface area contributed by atoms with Gasteiger partial charge in [0.1, 0.15) is 13.3 Å². The molecule has 0 fully saturated rings. The van der Waals surface area contributed by atoms with Gasteiger partial charge in [-0.15, -0.1) is 0 Å². The van der Waals surface area contributed by atoms with Gasteiger partial charge in [-0.3, -0.25) is 22.6 Å². The van der Waals surface area contributed by atoms with E-state index in [2.05, 4.69) is 4.74 Å². The number of hydrogen-bond acceptors (Lipinski definition) is 1. The van der Waals surface area contributed by atoms with E-state index < -0.39 is 44.8 Å². The molecule has 0 amide bonds. The molecular formula is C9H18F10O. The topological polar surface area (TPSA) is 9.23 Å². The molecule has 1 nitrogen and oxygen atoms in total. The molecule has 0 rings (SSSR count). The zero-order valence-electron chi connectivity index (χ0n) is 10.7. The van der Waals surface area contributed by atoms with Crippen LogP contribution in [0.4, 0.5) is 44.5 Å². The van der Waals surface area contributed by atoms with Crippen molar-refractivity contribution in [3.8, 4) is 0 Å². The molecule has 20 heavy (non-hydrogen) atoms. The first-order chi connectivity index (χ1) is 8.45. The first kappa shape index (κ1) is 31.6. The molecule has 0 aliphatic rings. The predicted molar refractivity (Wildman–Crippen MR) is 56.0 cm³/mol. The first-order valence-corrected chi connectivity index (χ1v) is 4.57. The molecule has 0 spiro atoms. The number of hydrogen-bond donors (Lipinski definition) is 0. The van der Waals surface area contributed by atoms with Crippen LogP contribution in [0.3, 0.4) is 0 Å². The van der Waals surface area contributed by atoms with E-state index in [1.807, 2.05) is 0 Å². The largest absolute Gasteiger partial charge is 0.394 e.